The first-order valence-electron chi connectivity index (χ1n) is 14.5. The van der Waals surface area contributed by atoms with E-state index in [0.717, 1.165) is 5.56 Å². The van der Waals surface area contributed by atoms with Gasteiger partial charge in [0.1, 0.15) is 28.5 Å². The van der Waals surface area contributed by atoms with Gasteiger partial charge in [0.25, 0.3) is 5.97 Å². The van der Waals surface area contributed by atoms with Crippen molar-refractivity contribution >= 4 is 11.9 Å². The molecule has 2 saturated heterocycles. The maximum Gasteiger partial charge on any atom is 0.305 e. The summed E-state index contributed by atoms with van der Waals surface area (Å²) in [6.45, 7) is 9.28. The van der Waals surface area contributed by atoms with Gasteiger partial charge in [0, 0.05) is 30.1 Å². The monoisotopic (exact) mass is 576 g/mol. The van der Waals surface area contributed by atoms with Crippen molar-refractivity contribution < 1.29 is 53.4 Å². The van der Waals surface area contributed by atoms with Gasteiger partial charge in [-0.1, -0.05) is 27.7 Å². The standard InChI is InChI=1S/C30H40O11/c1-15(16-7-10-38-13-16)23(2)8-9-27-25(4)17(12-20(33)37-6)24(3)14-28(25)29(36,21(24)34)22(35)30(27,18(23)11-19(31)32)41-26(5,39-27)40-28/h7,10,13,15,17-18,21-22,34-36H,8-9,11-12,14H2,1-6H3,(H,31,32)/t15-,17-,18?,21?,22+,23-,24+,25-,26?,27-,28-,29-,30+/m0/s1. The number of hydrogen-bond acceptors (Lipinski definition) is 10. The van der Waals surface area contributed by atoms with Gasteiger partial charge in [-0.2, -0.15) is 0 Å². The summed E-state index contributed by atoms with van der Waals surface area (Å²) >= 11 is 0. The quantitative estimate of drug-likeness (QED) is 0.367. The number of methoxy groups -OCH3 is 1. The third-order valence-electron chi connectivity index (χ3n) is 13.4. The van der Waals surface area contributed by atoms with E-state index in [2.05, 4.69) is 0 Å². The molecule has 4 saturated carbocycles. The molecule has 3 heterocycles. The van der Waals surface area contributed by atoms with Crippen molar-refractivity contribution in [1.82, 2.24) is 0 Å². The highest BCUT2D eigenvalue weighted by atomic mass is 16.9. The highest BCUT2D eigenvalue weighted by molar-refractivity contribution is 5.71. The van der Waals surface area contributed by atoms with Gasteiger partial charge in [-0.15, -0.1) is 0 Å². The van der Waals surface area contributed by atoms with Crippen LogP contribution in [0.4, 0.5) is 0 Å². The fraction of sp³-hybridized carbons (Fsp3) is 0.800. The van der Waals surface area contributed by atoms with Crippen LogP contribution in [0.1, 0.15) is 78.2 Å². The molecule has 11 heteroatoms. The molecule has 11 nitrogen and oxygen atoms in total. The molecule has 2 aliphatic heterocycles. The molecule has 6 aliphatic rings. The van der Waals surface area contributed by atoms with Crippen molar-refractivity contribution in [3.05, 3.63) is 24.2 Å². The van der Waals surface area contributed by atoms with Gasteiger partial charge in [0.05, 0.1) is 32.2 Å². The number of rotatable bonds is 6. The normalized spacial score (nSPS) is 56.5. The van der Waals surface area contributed by atoms with Crippen LogP contribution in [0.2, 0.25) is 0 Å². The van der Waals surface area contributed by atoms with E-state index >= 15 is 0 Å². The zero-order valence-corrected chi connectivity index (χ0v) is 24.3. The predicted molar refractivity (Wildman–Crippen MR) is 138 cm³/mol. The number of aliphatic hydroxyl groups excluding tert-OH is 2. The van der Waals surface area contributed by atoms with Crippen LogP contribution < -0.4 is 0 Å². The second-order valence-electron chi connectivity index (χ2n) is 14.4. The van der Waals surface area contributed by atoms with E-state index in [1.54, 1.807) is 19.5 Å². The largest absolute Gasteiger partial charge is 0.481 e. The van der Waals surface area contributed by atoms with Crippen LogP contribution in [0.15, 0.2) is 23.0 Å². The van der Waals surface area contributed by atoms with E-state index in [4.69, 9.17) is 23.4 Å². The van der Waals surface area contributed by atoms with Crippen LogP contribution in [-0.2, 0) is 28.5 Å². The average molecular weight is 577 g/mol. The first-order valence-corrected chi connectivity index (χ1v) is 14.5. The van der Waals surface area contributed by atoms with Crippen LogP contribution in [0, 0.1) is 28.1 Å². The SMILES string of the molecule is COC(=O)C[C@@H]1[C@@]2(C)[C@@]34CC[C@@](C)([C@@H](C)c5ccoc5)C(CC(=O)O)[C@]35OC(C)(O4)O[C@@]23C[C@@]1(C)C(O)[C@]3(O)[C@H]5O. The van der Waals surface area contributed by atoms with Crippen LogP contribution in [0.5, 0.6) is 0 Å². The first-order chi connectivity index (χ1) is 19.0. The summed E-state index contributed by atoms with van der Waals surface area (Å²) in [5.41, 5.74) is -9.09. The topological polar surface area (TPSA) is 165 Å². The molecule has 41 heavy (non-hydrogen) atoms. The minimum Gasteiger partial charge on any atom is -0.481 e. The van der Waals surface area contributed by atoms with Gasteiger partial charge in [-0.25, -0.2) is 0 Å². The Bertz CT molecular complexity index is 1330. The summed E-state index contributed by atoms with van der Waals surface area (Å²) in [5.74, 6) is -5.05. The Morgan fingerprint density at radius 2 is 1.71 bits per heavy atom. The number of aliphatic carboxylic acids is 1. The Kier molecular flexibility index (Phi) is 5.11. The molecule has 13 atom stereocenters. The highest BCUT2D eigenvalue weighted by Crippen LogP contribution is 2.88. The Morgan fingerprint density at radius 1 is 1.02 bits per heavy atom. The molecule has 1 aromatic rings. The summed E-state index contributed by atoms with van der Waals surface area (Å²) in [6.07, 6.45) is 0.449. The molecule has 6 fully saturated rings. The molecule has 4 N–H and O–H groups in total. The van der Waals surface area contributed by atoms with Crippen LogP contribution in [0.3, 0.4) is 0 Å². The third kappa shape index (κ3) is 2.51. The summed E-state index contributed by atoms with van der Waals surface area (Å²) in [5, 5.41) is 47.6. The molecular formula is C30H40O11. The maximum absolute atomic E-state index is 12.9. The highest BCUT2D eigenvalue weighted by Gasteiger charge is 3.02. The van der Waals surface area contributed by atoms with Crippen molar-refractivity contribution in [1.29, 1.82) is 0 Å². The number of esters is 1. The number of hydrogen-bond donors (Lipinski definition) is 4. The van der Waals surface area contributed by atoms with E-state index in [1.165, 1.54) is 7.11 Å². The lowest BCUT2D eigenvalue weighted by Gasteiger charge is -2.76. The van der Waals surface area contributed by atoms with E-state index in [0.29, 0.717) is 12.8 Å². The average Bonchev–Trinajstić information content (AvgIpc) is 3.60. The second-order valence-corrected chi connectivity index (χ2v) is 14.4. The van der Waals surface area contributed by atoms with Crippen LogP contribution in [0.25, 0.3) is 0 Å². The van der Waals surface area contributed by atoms with Crippen molar-refractivity contribution in [3.63, 3.8) is 0 Å². The fourth-order valence-electron chi connectivity index (χ4n) is 11.7. The summed E-state index contributed by atoms with van der Waals surface area (Å²) in [7, 11) is 1.30. The maximum atomic E-state index is 12.9. The van der Waals surface area contributed by atoms with E-state index in [-0.39, 0.29) is 18.8 Å². The summed E-state index contributed by atoms with van der Waals surface area (Å²) in [6, 6.07) is 1.84. The van der Waals surface area contributed by atoms with Crippen molar-refractivity contribution in [2.24, 2.45) is 28.1 Å². The number of ether oxygens (including phenoxy) is 4. The molecule has 3 unspecified atom stereocenters. The van der Waals surface area contributed by atoms with Gasteiger partial charge >= 0.3 is 11.9 Å². The fourth-order valence-corrected chi connectivity index (χ4v) is 11.7. The Labute approximate surface area is 238 Å². The number of fused-ring (bicyclic) bond motifs is 2. The van der Waals surface area contributed by atoms with Gasteiger partial charge in [-0.05, 0) is 48.1 Å². The lowest BCUT2D eigenvalue weighted by atomic mass is 9.33. The number of carboxylic acids is 1. The number of aliphatic hydroxyl groups is 3. The number of carboxylic acid groups (broad SMARTS) is 1. The Hall–Kier alpha value is -2.02. The molecule has 4 bridgehead atoms. The van der Waals surface area contributed by atoms with Gasteiger partial charge in [-0.3, -0.25) is 9.59 Å². The van der Waals surface area contributed by atoms with Gasteiger partial charge in [0.15, 0.2) is 0 Å². The molecule has 0 amide bonds. The lowest BCUT2D eigenvalue weighted by molar-refractivity contribution is -0.477. The second kappa shape index (κ2) is 7.54. The number of furan rings is 1. The minimum atomic E-state index is -2.23. The van der Waals surface area contributed by atoms with Gasteiger partial charge < -0.3 is 43.8 Å². The van der Waals surface area contributed by atoms with Crippen molar-refractivity contribution in [2.45, 2.75) is 113 Å². The number of carbonyl (C=O) groups excluding carboxylic acids is 1. The smallest absolute Gasteiger partial charge is 0.305 e. The van der Waals surface area contributed by atoms with Crippen LogP contribution in [-0.4, -0.2) is 80.1 Å². The predicted octanol–water partition coefficient (Wildman–Crippen LogP) is 2.32. The number of carbonyl (C=O) groups is 2. The minimum absolute atomic E-state index is 0.0813. The Morgan fingerprint density at radius 3 is 2.32 bits per heavy atom. The molecular weight excluding hydrogens is 536 g/mol. The molecule has 1 aromatic heterocycles. The van der Waals surface area contributed by atoms with Gasteiger partial charge in [0.2, 0.25) is 0 Å². The van der Waals surface area contributed by atoms with Crippen molar-refractivity contribution in [2.75, 3.05) is 7.11 Å². The molecule has 2 spiro atoms. The molecule has 226 valence electrons. The first kappa shape index (κ1) is 27.8. The molecule has 4 aliphatic carbocycles. The zero-order chi connectivity index (χ0) is 29.8. The third-order valence-corrected chi connectivity index (χ3v) is 13.4. The van der Waals surface area contributed by atoms with Crippen molar-refractivity contribution in [3.8, 4) is 0 Å². The van der Waals surface area contributed by atoms with Crippen LogP contribution >= 0.6 is 0 Å². The molecule has 0 radical (unpaired) electrons. The molecule has 7 rings (SSSR count). The Balaban J connectivity index is 1.53. The zero-order valence-electron chi connectivity index (χ0n) is 24.3. The lowest BCUT2D eigenvalue weighted by Crippen LogP contribution is -2.93. The van der Waals surface area contributed by atoms with E-state index in [9.17, 15) is 30.0 Å². The molecule has 0 aromatic carbocycles. The summed E-state index contributed by atoms with van der Waals surface area (Å²) in [4.78, 5) is 25.5. The summed E-state index contributed by atoms with van der Waals surface area (Å²) < 4.78 is 30.8. The van der Waals surface area contributed by atoms with E-state index < -0.39 is 87.0 Å². The van der Waals surface area contributed by atoms with E-state index in [1.807, 2.05) is 33.8 Å².